The lowest BCUT2D eigenvalue weighted by atomic mass is 10.1. The van der Waals surface area contributed by atoms with Gasteiger partial charge in [-0.3, -0.25) is 0 Å². The molecule has 0 spiro atoms. The van der Waals surface area contributed by atoms with Crippen LogP contribution in [0.5, 0.6) is 0 Å². The first-order valence-corrected chi connectivity index (χ1v) is 7.81. The molecule has 15 heavy (non-hydrogen) atoms. The number of halogens is 1. The third kappa shape index (κ3) is 5.25. The summed E-state index contributed by atoms with van der Waals surface area (Å²) in [5, 5.41) is 3.53. The zero-order valence-electron chi connectivity index (χ0n) is 9.25. The fraction of sp³-hybridized carbons (Fsp3) is 0.636. The smallest absolute Gasteiger partial charge is 0.0931 e. The molecule has 1 nitrogen and oxygen atoms in total. The minimum atomic E-state index is 0.595. The Hall–Kier alpha value is 0.300. The van der Waals surface area contributed by atoms with Gasteiger partial charge in [0.1, 0.15) is 0 Å². The van der Waals surface area contributed by atoms with Gasteiger partial charge in [-0.1, -0.05) is 18.5 Å². The second kappa shape index (κ2) is 7.55. The Morgan fingerprint density at radius 1 is 1.53 bits per heavy atom. The van der Waals surface area contributed by atoms with Crippen LogP contribution in [0.4, 0.5) is 0 Å². The Morgan fingerprint density at radius 2 is 2.33 bits per heavy atom. The summed E-state index contributed by atoms with van der Waals surface area (Å²) in [4.78, 5) is 1.38. The Kier molecular flexibility index (Phi) is 6.73. The molecule has 0 fully saturated rings. The van der Waals surface area contributed by atoms with Gasteiger partial charge in [0, 0.05) is 10.9 Å². The van der Waals surface area contributed by atoms with Gasteiger partial charge in [0.25, 0.3) is 0 Å². The van der Waals surface area contributed by atoms with Crippen molar-refractivity contribution in [2.24, 2.45) is 0 Å². The van der Waals surface area contributed by atoms with Gasteiger partial charge >= 0.3 is 0 Å². The quantitative estimate of drug-likeness (QED) is 0.806. The SMILES string of the molecule is CCNC(CCSC)Cc1ccc(Cl)s1. The molecule has 1 atom stereocenters. The van der Waals surface area contributed by atoms with Crippen LogP contribution in [-0.2, 0) is 6.42 Å². The van der Waals surface area contributed by atoms with Crippen molar-refractivity contribution < 1.29 is 0 Å². The Balaban J connectivity index is 2.42. The molecule has 1 N–H and O–H groups in total. The standard InChI is InChI=1S/C11H18ClNS2/c1-3-13-9(6-7-14-2)8-10-4-5-11(12)15-10/h4-5,9,13H,3,6-8H2,1-2H3. The van der Waals surface area contributed by atoms with E-state index in [1.807, 2.05) is 17.8 Å². The summed E-state index contributed by atoms with van der Waals surface area (Å²) in [5.41, 5.74) is 0. The van der Waals surface area contributed by atoms with Gasteiger partial charge in [-0.2, -0.15) is 11.8 Å². The van der Waals surface area contributed by atoms with Crippen LogP contribution < -0.4 is 5.32 Å². The molecule has 0 saturated heterocycles. The third-order valence-corrected chi connectivity index (χ3v) is 4.14. The van der Waals surface area contributed by atoms with Crippen LogP contribution in [0.3, 0.4) is 0 Å². The highest BCUT2D eigenvalue weighted by Gasteiger charge is 2.09. The molecule has 0 aliphatic heterocycles. The highest BCUT2D eigenvalue weighted by molar-refractivity contribution is 7.98. The molecule has 1 heterocycles. The predicted octanol–water partition coefficient (Wildman–Crippen LogP) is 3.68. The predicted molar refractivity (Wildman–Crippen MR) is 73.5 cm³/mol. The molecule has 0 aliphatic carbocycles. The first-order chi connectivity index (χ1) is 7.26. The lowest BCUT2D eigenvalue weighted by Gasteiger charge is -2.16. The highest BCUT2D eigenvalue weighted by atomic mass is 35.5. The number of thioether (sulfide) groups is 1. The van der Waals surface area contributed by atoms with Crippen LogP contribution in [0, 0.1) is 0 Å². The molecular formula is C11H18ClNS2. The van der Waals surface area contributed by atoms with Crippen LogP contribution in [0.25, 0.3) is 0 Å². The number of nitrogens with one attached hydrogen (secondary N) is 1. The average molecular weight is 264 g/mol. The summed E-state index contributed by atoms with van der Waals surface area (Å²) in [6.45, 7) is 3.20. The molecule has 4 heteroatoms. The van der Waals surface area contributed by atoms with Crippen LogP contribution in [-0.4, -0.2) is 24.6 Å². The van der Waals surface area contributed by atoms with Gasteiger partial charge in [0.2, 0.25) is 0 Å². The number of hydrogen-bond acceptors (Lipinski definition) is 3. The number of thiophene rings is 1. The first-order valence-electron chi connectivity index (χ1n) is 5.22. The zero-order chi connectivity index (χ0) is 11.1. The maximum absolute atomic E-state index is 5.92. The van der Waals surface area contributed by atoms with Crippen molar-refractivity contribution in [2.75, 3.05) is 18.6 Å². The van der Waals surface area contributed by atoms with Gasteiger partial charge in [0.05, 0.1) is 4.34 Å². The molecule has 0 saturated carbocycles. The van der Waals surface area contributed by atoms with Crippen LogP contribution >= 0.6 is 34.7 Å². The minimum Gasteiger partial charge on any atom is -0.314 e. The lowest BCUT2D eigenvalue weighted by molar-refractivity contribution is 0.516. The van der Waals surface area contributed by atoms with E-state index < -0.39 is 0 Å². The van der Waals surface area contributed by atoms with Crippen molar-refractivity contribution in [1.82, 2.24) is 5.32 Å². The number of rotatable bonds is 7. The summed E-state index contributed by atoms with van der Waals surface area (Å²) in [6, 6.07) is 4.72. The van der Waals surface area contributed by atoms with Gasteiger partial charge < -0.3 is 5.32 Å². The van der Waals surface area contributed by atoms with E-state index in [0.29, 0.717) is 6.04 Å². The molecular weight excluding hydrogens is 246 g/mol. The minimum absolute atomic E-state index is 0.595. The van der Waals surface area contributed by atoms with Crippen LogP contribution in [0.15, 0.2) is 12.1 Å². The molecule has 1 aromatic rings. The Bertz CT molecular complexity index is 275. The van der Waals surface area contributed by atoms with E-state index in [-0.39, 0.29) is 0 Å². The van der Waals surface area contributed by atoms with E-state index in [1.165, 1.54) is 17.1 Å². The highest BCUT2D eigenvalue weighted by Crippen LogP contribution is 2.23. The molecule has 0 radical (unpaired) electrons. The van der Waals surface area contributed by atoms with Crippen molar-refractivity contribution in [3.63, 3.8) is 0 Å². The maximum atomic E-state index is 5.92. The summed E-state index contributed by atoms with van der Waals surface area (Å²) >= 11 is 9.52. The van der Waals surface area contributed by atoms with Gasteiger partial charge in [0.15, 0.2) is 0 Å². The van der Waals surface area contributed by atoms with Crippen molar-refractivity contribution in [3.05, 3.63) is 21.3 Å². The van der Waals surface area contributed by atoms with Crippen LogP contribution in [0.2, 0.25) is 4.34 Å². The van der Waals surface area contributed by atoms with E-state index in [9.17, 15) is 0 Å². The van der Waals surface area contributed by atoms with E-state index in [4.69, 9.17) is 11.6 Å². The monoisotopic (exact) mass is 263 g/mol. The zero-order valence-corrected chi connectivity index (χ0v) is 11.6. The molecule has 86 valence electrons. The van der Waals surface area contributed by atoms with Gasteiger partial charge in [-0.05, 0) is 43.5 Å². The molecule has 0 aromatic carbocycles. The topological polar surface area (TPSA) is 12.0 Å². The van der Waals surface area contributed by atoms with E-state index >= 15 is 0 Å². The number of likely N-dealkylation sites (N-methyl/N-ethyl adjacent to an activating group) is 1. The molecule has 0 bridgehead atoms. The fourth-order valence-electron chi connectivity index (χ4n) is 1.53. The molecule has 0 amide bonds. The van der Waals surface area contributed by atoms with Crippen molar-refractivity contribution >= 4 is 34.7 Å². The first kappa shape index (κ1) is 13.4. The Labute approximate surface area is 106 Å². The van der Waals surface area contributed by atoms with Gasteiger partial charge in [-0.15, -0.1) is 11.3 Å². The summed E-state index contributed by atoms with van der Waals surface area (Å²) in [7, 11) is 0. The summed E-state index contributed by atoms with van der Waals surface area (Å²) in [5.74, 6) is 1.22. The lowest BCUT2D eigenvalue weighted by Crippen LogP contribution is -2.31. The fourth-order valence-corrected chi connectivity index (χ4v) is 3.22. The second-order valence-electron chi connectivity index (χ2n) is 3.45. The van der Waals surface area contributed by atoms with Crippen molar-refractivity contribution in [2.45, 2.75) is 25.8 Å². The normalized spacial score (nSPS) is 13.0. The summed E-state index contributed by atoms with van der Waals surface area (Å²) < 4.78 is 0.894. The van der Waals surface area contributed by atoms with Crippen molar-refractivity contribution in [1.29, 1.82) is 0 Å². The van der Waals surface area contributed by atoms with Crippen molar-refractivity contribution in [3.8, 4) is 0 Å². The van der Waals surface area contributed by atoms with Crippen LogP contribution in [0.1, 0.15) is 18.2 Å². The molecule has 1 rings (SSSR count). The van der Waals surface area contributed by atoms with E-state index in [0.717, 1.165) is 17.3 Å². The average Bonchev–Trinajstić information content (AvgIpc) is 2.61. The molecule has 1 aromatic heterocycles. The second-order valence-corrected chi connectivity index (χ2v) is 6.23. The van der Waals surface area contributed by atoms with E-state index in [1.54, 1.807) is 11.3 Å². The Morgan fingerprint density at radius 3 is 2.87 bits per heavy atom. The number of hydrogen-bond donors (Lipinski definition) is 1. The third-order valence-electron chi connectivity index (χ3n) is 2.24. The maximum Gasteiger partial charge on any atom is 0.0931 e. The molecule has 0 aliphatic rings. The molecule has 1 unspecified atom stereocenters. The van der Waals surface area contributed by atoms with E-state index in [2.05, 4.69) is 24.6 Å². The largest absolute Gasteiger partial charge is 0.314 e. The summed E-state index contributed by atoms with van der Waals surface area (Å²) in [6.07, 6.45) is 4.49. The van der Waals surface area contributed by atoms with Gasteiger partial charge in [-0.25, -0.2) is 0 Å².